The van der Waals surface area contributed by atoms with E-state index in [-0.39, 0.29) is 23.6 Å². The third-order valence-electron chi connectivity index (χ3n) is 5.95. The predicted molar refractivity (Wildman–Crippen MR) is 115 cm³/mol. The van der Waals surface area contributed by atoms with Crippen LogP contribution in [0.5, 0.6) is 5.75 Å². The molecule has 30 heavy (non-hydrogen) atoms. The van der Waals surface area contributed by atoms with Crippen LogP contribution in [0.1, 0.15) is 31.9 Å². The minimum Gasteiger partial charge on any atom is -0.490 e. The number of carbonyl (C=O) groups is 1. The predicted octanol–water partition coefficient (Wildman–Crippen LogP) is 2.91. The third-order valence-corrected chi connectivity index (χ3v) is 5.95. The summed E-state index contributed by atoms with van der Waals surface area (Å²) in [7, 11) is 0. The van der Waals surface area contributed by atoms with Crippen LogP contribution in [0.15, 0.2) is 53.3 Å². The summed E-state index contributed by atoms with van der Waals surface area (Å²) in [6.07, 6.45) is 0.772. The van der Waals surface area contributed by atoms with Crippen LogP contribution in [0.25, 0.3) is 0 Å². The fourth-order valence-electron chi connectivity index (χ4n) is 4.56. The average Bonchev–Trinajstić information content (AvgIpc) is 2.73. The van der Waals surface area contributed by atoms with Gasteiger partial charge >= 0.3 is 5.97 Å². The standard InChI is InChI=1S/C24H30N2O4/c1-17(2)24(28)30-21(16-29-20-7-4-3-5-8-20)15-25-12-18-11-19(14-25)22-9-6-10-23(27)26(22)13-18/h3-10,17-19,21H,11-16H2,1-2H3/t18-,19-,21-/m0/s1. The van der Waals surface area contributed by atoms with Crippen molar-refractivity contribution < 1.29 is 14.3 Å². The Morgan fingerprint density at radius 3 is 2.63 bits per heavy atom. The van der Waals surface area contributed by atoms with Crippen molar-refractivity contribution in [2.75, 3.05) is 26.2 Å². The average molecular weight is 411 g/mol. The molecule has 3 heterocycles. The van der Waals surface area contributed by atoms with E-state index in [0.29, 0.717) is 25.0 Å². The maximum absolute atomic E-state index is 12.3. The van der Waals surface area contributed by atoms with Crippen LogP contribution in [-0.2, 0) is 16.1 Å². The molecular formula is C24H30N2O4. The SMILES string of the molecule is CC(C)C(=O)O[C@H](COc1ccccc1)CN1C[C@@H]2C[C@@H](C1)c1cccc(=O)n1C2. The molecule has 0 amide bonds. The Balaban J connectivity index is 1.44. The number of hydrogen-bond acceptors (Lipinski definition) is 5. The van der Waals surface area contributed by atoms with E-state index in [1.54, 1.807) is 6.07 Å². The number of likely N-dealkylation sites (tertiary alicyclic amines) is 1. The van der Waals surface area contributed by atoms with Gasteiger partial charge in [0.15, 0.2) is 0 Å². The van der Waals surface area contributed by atoms with Crippen molar-refractivity contribution in [2.45, 2.75) is 38.8 Å². The number of rotatable bonds is 7. The van der Waals surface area contributed by atoms with Gasteiger partial charge in [-0.25, -0.2) is 0 Å². The first-order valence-electron chi connectivity index (χ1n) is 10.8. The molecule has 6 nitrogen and oxygen atoms in total. The molecule has 0 radical (unpaired) electrons. The van der Waals surface area contributed by atoms with Crippen molar-refractivity contribution in [3.8, 4) is 5.75 Å². The summed E-state index contributed by atoms with van der Waals surface area (Å²) in [6.45, 7) is 7.17. The first kappa shape index (κ1) is 20.7. The molecule has 1 aromatic heterocycles. The lowest BCUT2D eigenvalue weighted by atomic mass is 9.83. The lowest BCUT2D eigenvalue weighted by molar-refractivity contribution is -0.155. The van der Waals surface area contributed by atoms with Crippen molar-refractivity contribution in [1.82, 2.24) is 9.47 Å². The Labute approximate surface area is 177 Å². The van der Waals surface area contributed by atoms with Crippen LogP contribution in [0.2, 0.25) is 0 Å². The Bertz CT molecular complexity index is 924. The fraction of sp³-hybridized carbons (Fsp3) is 0.500. The minimum atomic E-state index is -0.336. The number of hydrogen-bond donors (Lipinski definition) is 0. The second-order valence-electron chi connectivity index (χ2n) is 8.75. The molecule has 0 spiro atoms. The Hall–Kier alpha value is -2.60. The second kappa shape index (κ2) is 9.04. The van der Waals surface area contributed by atoms with Crippen LogP contribution < -0.4 is 10.3 Å². The van der Waals surface area contributed by atoms with E-state index < -0.39 is 0 Å². The van der Waals surface area contributed by atoms with Gasteiger partial charge in [0, 0.05) is 43.9 Å². The zero-order valence-corrected chi connectivity index (χ0v) is 17.7. The summed E-state index contributed by atoms with van der Waals surface area (Å²) in [5.74, 6) is 1.16. The zero-order chi connectivity index (χ0) is 21.1. The normalized spacial score (nSPS) is 21.7. The number of ether oxygens (including phenoxy) is 2. The monoisotopic (exact) mass is 410 g/mol. The largest absolute Gasteiger partial charge is 0.490 e. The molecule has 3 atom stereocenters. The van der Waals surface area contributed by atoms with Crippen LogP contribution in [0, 0.1) is 11.8 Å². The van der Waals surface area contributed by atoms with Crippen molar-refractivity contribution in [2.24, 2.45) is 11.8 Å². The van der Waals surface area contributed by atoms with Crippen LogP contribution >= 0.6 is 0 Å². The summed E-state index contributed by atoms with van der Waals surface area (Å²) < 4.78 is 13.6. The molecular weight excluding hydrogens is 380 g/mol. The highest BCUT2D eigenvalue weighted by atomic mass is 16.6. The summed E-state index contributed by atoms with van der Waals surface area (Å²) in [5, 5.41) is 0. The molecule has 0 N–H and O–H groups in total. The summed E-state index contributed by atoms with van der Waals surface area (Å²) in [4.78, 5) is 26.9. The summed E-state index contributed by atoms with van der Waals surface area (Å²) in [5.41, 5.74) is 1.22. The van der Waals surface area contributed by atoms with Crippen molar-refractivity contribution in [3.63, 3.8) is 0 Å². The van der Waals surface area contributed by atoms with Gasteiger partial charge in [0.05, 0.1) is 5.92 Å². The van der Waals surface area contributed by atoms with Gasteiger partial charge in [-0.1, -0.05) is 38.1 Å². The van der Waals surface area contributed by atoms with E-state index in [9.17, 15) is 9.59 Å². The van der Waals surface area contributed by atoms with E-state index in [1.165, 1.54) is 0 Å². The van der Waals surface area contributed by atoms with Gasteiger partial charge in [-0.2, -0.15) is 0 Å². The molecule has 4 rings (SSSR count). The molecule has 1 aromatic carbocycles. The molecule has 2 bridgehead atoms. The first-order chi connectivity index (χ1) is 14.5. The summed E-state index contributed by atoms with van der Waals surface area (Å²) in [6, 6.07) is 15.2. The molecule has 0 aliphatic carbocycles. The highest BCUT2D eigenvalue weighted by Gasteiger charge is 2.35. The van der Waals surface area contributed by atoms with Crippen LogP contribution in [0.3, 0.4) is 0 Å². The molecule has 2 aliphatic heterocycles. The lowest BCUT2D eigenvalue weighted by Gasteiger charge is -2.43. The van der Waals surface area contributed by atoms with Gasteiger partial charge < -0.3 is 14.0 Å². The van der Waals surface area contributed by atoms with Gasteiger partial charge in [0.25, 0.3) is 5.56 Å². The Kier molecular flexibility index (Phi) is 6.23. The van der Waals surface area contributed by atoms with Crippen molar-refractivity contribution in [3.05, 3.63) is 64.6 Å². The maximum Gasteiger partial charge on any atom is 0.308 e. The van der Waals surface area contributed by atoms with Gasteiger partial charge in [-0.15, -0.1) is 0 Å². The summed E-state index contributed by atoms with van der Waals surface area (Å²) >= 11 is 0. The quantitative estimate of drug-likeness (QED) is 0.657. The number of carbonyl (C=O) groups excluding carboxylic acids is 1. The molecule has 1 saturated heterocycles. The first-order valence-corrected chi connectivity index (χ1v) is 10.8. The van der Waals surface area contributed by atoms with Crippen LogP contribution in [-0.4, -0.2) is 47.8 Å². The number of benzene rings is 1. The van der Waals surface area contributed by atoms with Gasteiger partial charge in [-0.05, 0) is 30.5 Å². The molecule has 1 fully saturated rings. The number of piperidine rings is 1. The smallest absolute Gasteiger partial charge is 0.308 e. The maximum atomic E-state index is 12.3. The van der Waals surface area contributed by atoms with E-state index in [1.807, 2.05) is 54.8 Å². The molecule has 2 aliphatic rings. The molecule has 0 saturated carbocycles. The highest BCUT2D eigenvalue weighted by molar-refractivity contribution is 5.71. The highest BCUT2D eigenvalue weighted by Crippen LogP contribution is 2.35. The van der Waals surface area contributed by atoms with Gasteiger partial charge in [0.1, 0.15) is 18.5 Å². The van der Waals surface area contributed by atoms with Gasteiger partial charge in [0.2, 0.25) is 0 Å². The number of fused-ring (bicyclic) bond motifs is 4. The number of aromatic nitrogens is 1. The number of para-hydroxylation sites is 1. The molecule has 2 aromatic rings. The Morgan fingerprint density at radius 1 is 1.07 bits per heavy atom. The van der Waals surface area contributed by atoms with Crippen molar-refractivity contribution in [1.29, 1.82) is 0 Å². The molecule has 0 unspecified atom stereocenters. The minimum absolute atomic E-state index is 0.0932. The topological polar surface area (TPSA) is 60.8 Å². The Morgan fingerprint density at radius 2 is 1.87 bits per heavy atom. The molecule has 6 heteroatoms. The van der Waals surface area contributed by atoms with Crippen molar-refractivity contribution >= 4 is 5.97 Å². The van der Waals surface area contributed by atoms with Gasteiger partial charge in [-0.3, -0.25) is 14.5 Å². The van der Waals surface area contributed by atoms with E-state index in [4.69, 9.17) is 9.47 Å². The zero-order valence-electron chi connectivity index (χ0n) is 17.7. The van der Waals surface area contributed by atoms with E-state index in [2.05, 4.69) is 11.0 Å². The number of pyridine rings is 1. The van der Waals surface area contributed by atoms with E-state index in [0.717, 1.165) is 37.5 Å². The number of esters is 1. The lowest BCUT2D eigenvalue weighted by Crippen LogP contribution is -2.50. The van der Waals surface area contributed by atoms with E-state index >= 15 is 0 Å². The third kappa shape index (κ3) is 4.75. The number of nitrogens with zero attached hydrogens (tertiary/aromatic N) is 2. The fourth-order valence-corrected chi connectivity index (χ4v) is 4.56. The molecule has 160 valence electrons. The van der Waals surface area contributed by atoms with Crippen LogP contribution in [0.4, 0.5) is 0 Å². The second-order valence-corrected chi connectivity index (χ2v) is 8.75.